The number of hydrogen-bond donors (Lipinski definition) is 0. The van der Waals surface area contributed by atoms with Crippen molar-refractivity contribution in [3.05, 3.63) is 0 Å². The molecule has 0 aromatic heterocycles. The molecule has 4 fully saturated rings. The molecule has 2 nitrogen and oxygen atoms in total. The Morgan fingerprint density at radius 1 is 0.950 bits per heavy atom. The van der Waals surface area contributed by atoms with Crippen LogP contribution in [0.1, 0.15) is 57.8 Å². The van der Waals surface area contributed by atoms with Crippen LogP contribution in [0.2, 0.25) is 0 Å². The third-order valence-corrected chi connectivity index (χ3v) is 7.32. The average molecular weight is 276 g/mol. The molecule has 4 rings (SSSR count). The van der Waals surface area contributed by atoms with Crippen molar-refractivity contribution < 1.29 is 9.53 Å². The molecule has 4 saturated carbocycles. The Morgan fingerprint density at radius 2 is 1.50 bits per heavy atom. The molecule has 0 radical (unpaired) electrons. The summed E-state index contributed by atoms with van der Waals surface area (Å²) in [4.78, 5) is 11.9. The van der Waals surface area contributed by atoms with Crippen molar-refractivity contribution in [1.29, 1.82) is 0 Å². The largest absolute Gasteiger partial charge is 0.469 e. The standard InChI is InChI=1S/C18H28O2/c1-20-18(19)10-17(15-8-11-2-4-13(15)6-11)16-9-12-3-5-14(16)7-12/h11-17H,2-10H2,1H3/t11-,12+,13+,14-,15?,16?,17?. The molecule has 4 aliphatic carbocycles. The van der Waals surface area contributed by atoms with Gasteiger partial charge in [-0.05, 0) is 80.0 Å². The third-order valence-electron chi connectivity index (χ3n) is 7.32. The van der Waals surface area contributed by atoms with Crippen LogP contribution < -0.4 is 0 Å². The zero-order chi connectivity index (χ0) is 13.7. The fourth-order valence-corrected chi connectivity index (χ4v) is 6.53. The summed E-state index contributed by atoms with van der Waals surface area (Å²) in [5.74, 6) is 6.23. The molecule has 2 heteroatoms. The second-order valence-corrected chi connectivity index (χ2v) is 8.12. The van der Waals surface area contributed by atoms with Crippen LogP contribution in [0.25, 0.3) is 0 Å². The normalized spacial score (nSPS) is 46.9. The molecule has 0 aromatic carbocycles. The number of ether oxygens (including phenoxy) is 1. The first-order chi connectivity index (χ1) is 9.74. The van der Waals surface area contributed by atoms with Gasteiger partial charge >= 0.3 is 5.97 Å². The van der Waals surface area contributed by atoms with Gasteiger partial charge in [-0.1, -0.05) is 12.8 Å². The zero-order valence-corrected chi connectivity index (χ0v) is 12.7. The predicted octanol–water partition coefficient (Wildman–Crippen LogP) is 4.04. The van der Waals surface area contributed by atoms with Gasteiger partial charge < -0.3 is 4.74 Å². The van der Waals surface area contributed by atoms with Gasteiger partial charge in [0, 0.05) is 6.42 Å². The van der Waals surface area contributed by atoms with Crippen molar-refractivity contribution in [3.63, 3.8) is 0 Å². The quantitative estimate of drug-likeness (QED) is 0.724. The van der Waals surface area contributed by atoms with E-state index >= 15 is 0 Å². The molecule has 0 N–H and O–H groups in total. The van der Waals surface area contributed by atoms with Gasteiger partial charge in [-0.25, -0.2) is 0 Å². The van der Waals surface area contributed by atoms with Crippen molar-refractivity contribution in [2.24, 2.45) is 41.4 Å². The minimum atomic E-state index is 0.0422. The molecular formula is C18H28O2. The van der Waals surface area contributed by atoms with E-state index in [1.165, 1.54) is 51.4 Å². The van der Waals surface area contributed by atoms with Crippen molar-refractivity contribution in [1.82, 2.24) is 0 Å². The monoisotopic (exact) mass is 276 g/mol. The maximum absolute atomic E-state index is 11.9. The molecule has 0 saturated heterocycles. The number of fused-ring (bicyclic) bond motifs is 4. The van der Waals surface area contributed by atoms with Crippen LogP contribution in [-0.4, -0.2) is 13.1 Å². The first-order valence-electron chi connectivity index (χ1n) is 8.81. The van der Waals surface area contributed by atoms with E-state index in [0.29, 0.717) is 12.3 Å². The summed E-state index contributed by atoms with van der Waals surface area (Å²) in [5, 5.41) is 0. The van der Waals surface area contributed by atoms with E-state index < -0.39 is 0 Å². The molecule has 0 heterocycles. The Balaban J connectivity index is 1.52. The van der Waals surface area contributed by atoms with E-state index in [1.807, 2.05) is 0 Å². The fraction of sp³-hybridized carbons (Fsp3) is 0.944. The molecule has 112 valence electrons. The zero-order valence-electron chi connectivity index (χ0n) is 12.7. The number of esters is 1. The Morgan fingerprint density at radius 3 is 1.85 bits per heavy atom. The lowest BCUT2D eigenvalue weighted by atomic mass is 9.67. The minimum Gasteiger partial charge on any atom is -0.469 e. The highest BCUT2D eigenvalue weighted by atomic mass is 16.5. The number of carbonyl (C=O) groups excluding carboxylic acids is 1. The van der Waals surface area contributed by atoms with Crippen LogP contribution in [0.4, 0.5) is 0 Å². The van der Waals surface area contributed by atoms with Crippen molar-refractivity contribution >= 4 is 5.97 Å². The summed E-state index contributed by atoms with van der Waals surface area (Å²) in [6.45, 7) is 0. The number of carbonyl (C=O) groups is 1. The highest BCUT2D eigenvalue weighted by Crippen LogP contribution is 2.59. The van der Waals surface area contributed by atoms with Crippen LogP contribution in [0.5, 0.6) is 0 Å². The second kappa shape index (κ2) is 5.03. The second-order valence-electron chi connectivity index (χ2n) is 8.12. The maximum atomic E-state index is 11.9. The molecule has 4 bridgehead atoms. The predicted molar refractivity (Wildman–Crippen MR) is 78.0 cm³/mol. The van der Waals surface area contributed by atoms with Gasteiger partial charge in [-0.2, -0.15) is 0 Å². The van der Waals surface area contributed by atoms with E-state index in [4.69, 9.17) is 4.74 Å². The molecule has 0 aromatic rings. The summed E-state index contributed by atoms with van der Waals surface area (Å²) in [6.07, 6.45) is 12.3. The minimum absolute atomic E-state index is 0.0422. The van der Waals surface area contributed by atoms with Crippen molar-refractivity contribution in [2.45, 2.75) is 57.8 Å². The average Bonchev–Trinajstić information content (AvgIpc) is 3.22. The van der Waals surface area contributed by atoms with Crippen molar-refractivity contribution in [2.75, 3.05) is 7.11 Å². The topological polar surface area (TPSA) is 26.3 Å². The molecule has 20 heavy (non-hydrogen) atoms. The van der Waals surface area contributed by atoms with Gasteiger partial charge in [0.05, 0.1) is 7.11 Å². The number of methoxy groups -OCH3 is 1. The summed E-state index contributed by atoms with van der Waals surface area (Å²) < 4.78 is 5.02. The van der Waals surface area contributed by atoms with Gasteiger partial charge in [0.25, 0.3) is 0 Å². The van der Waals surface area contributed by atoms with E-state index in [-0.39, 0.29) is 5.97 Å². The van der Waals surface area contributed by atoms with Gasteiger partial charge in [0.15, 0.2) is 0 Å². The summed E-state index contributed by atoms with van der Waals surface area (Å²) in [5.41, 5.74) is 0. The maximum Gasteiger partial charge on any atom is 0.305 e. The molecule has 3 unspecified atom stereocenters. The molecular weight excluding hydrogens is 248 g/mol. The Hall–Kier alpha value is -0.530. The van der Waals surface area contributed by atoms with Gasteiger partial charge in [-0.15, -0.1) is 0 Å². The first-order valence-corrected chi connectivity index (χ1v) is 8.81. The molecule has 4 aliphatic rings. The Kier molecular flexibility index (Phi) is 3.31. The lowest BCUT2D eigenvalue weighted by Gasteiger charge is -2.38. The molecule has 0 amide bonds. The van der Waals surface area contributed by atoms with Crippen LogP contribution in [-0.2, 0) is 9.53 Å². The van der Waals surface area contributed by atoms with E-state index in [2.05, 4.69) is 0 Å². The highest BCUT2D eigenvalue weighted by molar-refractivity contribution is 5.69. The fourth-order valence-electron chi connectivity index (χ4n) is 6.53. The van der Waals surface area contributed by atoms with Gasteiger partial charge in [0.1, 0.15) is 0 Å². The van der Waals surface area contributed by atoms with Crippen LogP contribution in [0.3, 0.4) is 0 Å². The SMILES string of the molecule is COC(=O)CC(C1C[C@H]2CC[C@@H]1C2)C1C[C@@H]2CC[C@H]1C2. The van der Waals surface area contributed by atoms with E-state index in [0.717, 1.165) is 35.5 Å². The Labute approximate surface area is 122 Å². The lowest BCUT2D eigenvalue weighted by molar-refractivity contribution is -0.143. The van der Waals surface area contributed by atoms with Crippen molar-refractivity contribution in [3.8, 4) is 0 Å². The summed E-state index contributed by atoms with van der Waals surface area (Å²) >= 11 is 0. The molecule has 0 spiro atoms. The van der Waals surface area contributed by atoms with E-state index in [9.17, 15) is 4.79 Å². The molecule has 7 atom stereocenters. The highest BCUT2D eigenvalue weighted by Gasteiger charge is 2.50. The lowest BCUT2D eigenvalue weighted by Crippen LogP contribution is -2.32. The Bertz CT molecular complexity index is 363. The molecule has 0 aliphatic heterocycles. The van der Waals surface area contributed by atoms with Gasteiger partial charge in [0.2, 0.25) is 0 Å². The smallest absolute Gasteiger partial charge is 0.305 e. The summed E-state index contributed by atoms with van der Waals surface area (Å²) in [6, 6.07) is 0. The third kappa shape index (κ3) is 2.10. The first kappa shape index (κ1) is 13.2. The summed E-state index contributed by atoms with van der Waals surface area (Å²) in [7, 11) is 1.56. The number of rotatable bonds is 4. The van der Waals surface area contributed by atoms with Crippen LogP contribution >= 0.6 is 0 Å². The van der Waals surface area contributed by atoms with Crippen LogP contribution in [0.15, 0.2) is 0 Å². The van der Waals surface area contributed by atoms with Gasteiger partial charge in [-0.3, -0.25) is 4.79 Å². The van der Waals surface area contributed by atoms with Crippen LogP contribution in [0, 0.1) is 41.4 Å². The van der Waals surface area contributed by atoms with E-state index in [1.54, 1.807) is 7.11 Å². The number of hydrogen-bond acceptors (Lipinski definition) is 2.